The van der Waals surface area contributed by atoms with Crippen LogP contribution in [0.5, 0.6) is 0 Å². The lowest BCUT2D eigenvalue weighted by atomic mass is 9.89. The zero-order chi connectivity index (χ0) is 22.9. The molecule has 4 aromatic carbocycles. The second-order valence-electron chi connectivity index (χ2n) is 8.08. The first-order valence-electron chi connectivity index (χ1n) is 10.6. The molecule has 2 bridgehead atoms. The minimum atomic E-state index is -1.23. The van der Waals surface area contributed by atoms with Crippen LogP contribution in [0.3, 0.4) is 0 Å². The Bertz CT molecular complexity index is 1370. The Morgan fingerprint density at radius 1 is 0.939 bits per heavy atom. The summed E-state index contributed by atoms with van der Waals surface area (Å²) in [5.41, 5.74) is 6.85. The number of anilines is 2. The number of nitrogens with one attached hydrogen (secondary N) is 1. The van der Waals surface area contributed by atoms with Gasteiger partial charge in [-0.05, 0) is 52.4 Å². The Hall–Kier alpha value is -4.45. The smallest absolute Gasteiger partial charge is 0.338 e. The van der Waals surface area contributed by atoms with Gasteiger partial charge in [0.1, 0.15) is 0 Å². The Kier molecular flexibility index (Phi) is 5.11. The number of rotatable bonds is 6. The summed E-state index contributed by atoms with van der Waals surface area (Å²) in [6.45, 7) is 0. The van der Waals surface area contributed by atoms with Crippen molar-refractivity contribution in [1.82, 2.24) is 0 Å². The van der Waals surface area contributed by atoms with Crippen LogP contribution in [0.2, 0.25) is 0 Å². The van der Waals surface area contributed by atoms with E-state index in [0.29, 0.717) is 11.4 Å². The molecule has 0 saturated heterocycles. The van der Waals surface area contributed by atoms with Crippen molar-refractivity contribution in [3.63, 3.8) is 0 Å². The van der Waals surface area contributed by atoms with E-state index in [1.807, 2.05) is 42.5 Å². The van der Waals surface area contributed by atoms with Gasteiger partial charge in [0, 0.05) is 23.7 Å². The van der Waals surface area contributed by atoms with Gasteiger partial charge in [0.25, 0.3) is 5.69 Å². The highest BCUT2D eigenvalue weighted by molar-refractivity contribution is 5.96. The maximum atomic E-state index is 11.6. The first-order chi connectivity index (χ1) is 16.0. The highest BCUT2D eigenvalue weighted by Gasteiger charge is 2.25. The van der Waals surface area contributed by atoms with Crippen LogP contribution in [-0.4, -0.2) is 16.0 Å². The molecule has 6 heteroatoms. The van der Waals surface area contributed by atoms with Crippen molar-refractivity contribution < 1.29 is 14.8 Å². The fraction of sp³-hybridized carbons (Fsp3) is 0.0741. The highest BCUT2D eigenvalue weighted by atomic mass is 16.6. The molecule has 5 rings (SSSR count). The molecule has 0 amide bonds. The molecule has 2 N–H and O–H groups in total. The van der Waals surface area contributed by atoms with Crippen molar-refractivity contribution in [2.45, 2.75) is 12.3 Å². The molecule has 0 saturated carbocycles. The van der Waals surface area contributed by atoms with Gasteiger partial charge < -0.3 is 10.4 Å². The monoisotopic (exact) mass is 436 g/mol. The fourth-order valence-electron chi connectivity index (χ4n) is 4.44. The molecule has 4 aromatic rings. The molecule has 1 unspecified atom stereocenters. The highest BCUT2D eigenvalue weighted by Crippen LogP contribution is 2.41. The van der Waals surface area contributed by atoms with Gasteiger partial charge >= 0.3 is 5.97 Å². The van der Waals surface area contributed by atoms with Gasteiger partial charge in [-0.3, -0.25) is 10.1 Å². The van der Waals surface area contributed by atoms with E-state index in [9.17, 15) is 20.0 Å². The number of fused-ring (bicyclic) bond motifs is 2. The molecule has 0 heterocycles. The summed E-state index contributed by atoms with van der Waals surface area (Å²) in [7, 11) is 0. The van der Waals surface area contributed by atoms with Crippen LogP contribution in [0.25, 0.3) is 11.1 Å². The summed E-state index contributed by atoms with van der Waals surface area (Å²) in [6, 6.07) is 28.7. The number of aromatic carboxylic acids is 1. The topological polar surface area (TPSA) is 92.5 Å². The maximum absolute atomic E-state index is 11.6. The second-order valence-corrected chi connectivity index (χ2v) is 8.08. The van der Waals surface area contributed by atoms with E-state index in [1.165, 1.54) is 39.9 Å². The van der Waals surface area contributed by atoms with Gasteiger partial charge in [-0.1, -0.05) is 60.7 Å². The van der Waals surface area contributed by atoms with Crippen molar-refractivity contribution in [2.24, 2.45) is 0 Å². The first-order valence-corrected chi connectivity index (χ1v) is 10.6. The normalized spacial score (nSPS) is 14.1. The zero-order valence-electron chi connectivity index (χ0n) is 17.6. The molecule has 0 aliphatic heterocycles. The minimum absolute atomic E-state index is 0.146. The summed E-state index contributed by atoms with van der Waals surface area (Å²) in [5, 5.41) is 23.5. The zero-order valence-corrected chi connectivity index (χ0v) is 17.6. The number of carboxylic acid groups (broad SMARTS) is 1. The Morgan fingerprint density at radius 3 is 2.39 bits per heavy atom. The Labute approximate surface area is 190 Å². The molecular weight excluding hydrogens is 416 g/mol. The van der Waals surface area contributed by atoms with Crippen LogP contribution < -0.4 is 5.32 Å². The summed E-state index contributed by atoms with van der Waals surface area (Å²) in [5.74, 6) is -0.968. The molecule has 162 valence electrons. The van der Waals surface area contributed by atoms with Gasteiger partial charge in [-0.2, -0.15) is 0 Å². The molecule has 1 aliphatic rings. The van der Waals surface area contributed by atoms with Crippen molar-refractivity contribution in [2.75, 3.05) is 5.32 Å². The minimum Gasteiger partial charge on any atom is -0.478 e. The number of nitrogens with zero attached hydrogens (tertiary/aromatic N) is 1. The molecule has 1 aliphatic carbocycles. The number of carbonyl (C=O) groups is 1. The van der Waals surface area contributed by atoms with E-state index in [4.69, 9.17) is 0 Å². The molecule has 0 spiro atoms. The fourth-order valence-corrected chi connectivity index (χ4v) is 4.44. The average Bonchev–Trinajstić information content (AvgIpc) is 3.16. The SMILES string of the molecule is O=C(O)c1cc([N+](=O)[O-])ccc1Nc1ccc(C2Cc3ccc(-c4ccccc4)c2c3)cc1. The molecule has 6 nitrogen and oxygen atoms in total. The number of hydrogen-bond acceptors (Lipinski definition) is 4. The molecule has 0 radical (unpaired) electrons. The summed E-state index contributed by atoms with van der Waals surface area (Å²) in [4.78, 5) is 22.0. The third-order valence-corrected chi connectivity index (χ3v) is 6.05. The number of nitro groups is 1. The van der Waals surface area contributed by atoms with Crippen molar-refractivity contribution in [3.8, 4) is 11.1 Å². The average molecular weight is 436 g/mol. The van der Waals surface area contributed by atoms with Gasteiger partial charge in [-0.25, -0.2) is 4.79 Å². The predicted octanol–water partition coefficient (Wildman–Crippen LogP) is 6.39. The summed E-state index contributed by atoms with van der Waals surface area (Å²) < 4.78 is 0. The lowest BCUT2D eigenvalue weighted by molar-refractivity contribution is -0.384. The number of nitro benzene ring substituents is 1. The van der Waals surface area contributed by atoms with E-state index in [1.54, 1.807) is 0 Å². The predicted molar refractivity (Wildman–Crippen MR) is 127 cm³/mol. The van der Waals surface area contributed by atoms with Gasteiger partial charge in [0.2, 0.25) is 0 Å². The standard InChI is InChI=1S/C27H20N2O4/c30-27(31)25-16-21(29(32)33)11-13-26(25)28-20-9-7-19(8-10-20)23-14-17-6-12-22(24(23)15-17)18-4-2-1-3-5-18/h1-13,15-16,23,28H,14H2,(H,30,31). The molecular formula is C27H20N2O4. The lowest BCUT2D eigenvalue weighted by Gasteiger charge is -2.16. The van der Waals surface area contributed by atoms with Gasteiger partial charge in [-0.15, -0.1) is 0 Å². The van der Waals surface area contributed by atoms with Crippen LogP contribution >= 0.6 is 0 Å². The number of carboxylic acids is 1. The van der Waals surface area contributed by atoms with E-state index >= 15 is 0 Å². The van der Waals surface area contributed by atoms with Crippen LogP contribution in [0.15, 0.2) is 91.0 Å². The second kappa shape index (κ2) is 8.24. The van der Waals surface area contributed by atoms with Gasteiger partial charge in [0.15, 0.2) is 0 Å². The van der Waals surface area contributed by atoms with Crippen molar-refractivity contribution in [1.29, 1.82) is 0 Å². The van der Waals surface area contributed by atoms with Crippen molar-refractivity contribution >= 4 is 23.0 Å². The summed E-state index contributed by atoms with van der Waals surface area (Å²) in [6.07, 6.45) is 0.945. The quantitative estimate of drug-likeness (QED) is 0.270. The van der Waals surface area contributed by atoms with Crippen molar-refractivity contribution in [3.05, 3.63) is 123 Å². The maximum Gasteiger partial charge on any atom is 0.338 e. The van der Waals surface area contributed by atoms with Gasteiger partial charge in [0.05, 0.1) is 16.2 Å². The third kappa shape index (κ3) is 3.94. The van der Waals surface area contributed by atoms with E-state index in [0.717, 1.165) is 12.5 Å². The van der Waals surface area contributed by atoms with E-state index in [-0.39, 0.29) is 17.2 Å². The number of benzene rings is 4. The van der Waals surface area contributed by atoms with Crippen LogP contribution in [0.1, 0.15) is 33.0 Å². The van der Waals surface area contributed by atoms with Crippen LogP contribution in [0.4, 0.5) is 17.1 Å². The molecule has 0 aromatic heterocycles. The first kappa shape index (κ1) is 20.5. The third-order valence-electron chi connectivity index (χ3n) is 6.05. The Morgan fingerprint density at radius 2 is 1.70 bits per heavy atom. The lowest BCUT2D eigenvalue weighted by Crippen LogP contribution is -2.04. The molecule has 0 fully saturated rings. The molecule has 33 heavy (non-hydrogen) atoms. The number of hydrogen-bond donors (Lipinski definition) is 2. The molecule has 1 atom stereocenters. The summed E-state index contributed by atoms with van der Waals surface area (Å²) >= 11 is 0. The largest absolute Gasteiger partial charge is 0.478 e. The van der Waals surface area contributed by atoms with E-state index < -0.39 is 10.9 Å². The van der Waals surface area contributed by atoms with Crippen LogP contribution in [0, 0.1) is 10.1 Å². The Balaban J connectivity index is 1.41. The van der Waals surface area contributed by atoms with Crippen LogP contribution in [-0.2, 0) is 6.42 Å². The van der Waals surface area contributed by atoms with E-state index in [2.05, 4.69) is 35.6 Å². The number of non-ortho nitro benzene ring substituents is 1.